The highest BCUT2D eigenvalue weighted by atomic mass is 16.5. The molecule has 0 spiro atoms. The van der Waals surface area contributed by atoms with Crippen LogP contribution in [0.3, 0.4) is 0 Å². The van der Waals surface area contributed by atoms with E-state index in [1.165, 1.54) is 51.4 Å². The maximum Gasteiger partial charge on any atom is 0.125 e. The van der Waals surface area contributed by atoms with Crippen molar-refractivity contribution in [1.82, 2.24) is 0 Å². The number of hydrogen-bond acceptors (Lipinski definition) is 6. The van der Waals surface area contributed by atoms with Crippen molar-refractivity contribution in [3.8, 4) is 0 Å². The fourth-order valence-corrected chi connectivity index (χ4v) is 5.25. The van der Waals surface area contributed by atoms with Gasteiger partial charge >= 0.3 is 0 Å². The molecule has 2 N–H and O–H groups in total. The second-order valence-electron chi connectivity index (χ2n) is 9.99. The number of aliphatic hydroxyl groups excluding tert-OH is 2. The minimum Gasteiger partial charge on any atom is -0.393 e. The first-order valence-electron chi connectivity index (χ1n) is 13.1. The number of aliphatic hydroxyl groups is 2. The van der Waals surface area contributed by atoms with E-state index in [-0.39, 0.29) is 18.1 Å². The van der Waals surface area contributed by atoms with Gasteiger partial charge in [0.2, 0.25) is 0 Å². The number of ether oxygens (including phenoxy) is 2. The van der Waals surface area contributed by atoms with Crippen LogP contribution in [0.1, 0.15) is 103 Å². The third-order valence-corrected chi connectivity index (χ3v) is 7.08. The van der Waals surface area contributed by atoms with Crippen molar-refractivity contribution < 1.29 is 29.3 Å². The average molecular weight is 455 g/mol. The van der Waals surface area contributed by atoms with E-state index in [2.05, 4.69) is 6.92 Å². The lowest BCUT2D eigenvalue weighted by Gasteiger charge is -2.40. The Morgan fingerprint density at radius 2 is 1.41 bits per heavy atom. The highest BCUT2D eigenvalue weighted by Gasteiger charge is 2.41. The van der Waals surface area contributed by atoms with Crippen LogP contribution in [0, 0.1) is 11.8 Å². The van der Waals surface area contributed by atoms with Crippen LogP contribution in [0.5, 0.6) is 0 Å². The average Bonchev–Trinajstić information content (AvgIpc) is 2.78. The first-order valence-corrected chi connectivity index (χ1v) is 13.1. The zero-order chi connectivity index (χ0) is 23.2. The van der Waals surface area contributed by atoms with Crippen LogP contribution >= 0.6 is 0 Å². The van der Waals surface area contributed by atoms with E-state index in [0.29, 0.717) is 38.7 Å². The summed E-state index contributed by atoms with van der Waals surface area (Å²) >= 11 is 0. The lowest BCUT2D eigenvalue weighted by atomic mass is 9.82. The minimum absolute atomic E-state index is 0.127. The molecule has 32 heavy (non-hydrogen) atoms. The van der Waals surface area contributed by atoms with Crippen LogP contribution in [-0.2, 0) is 19.1 Å². The Bertz CT molecular complexity index is 513. The Labute approximate surface area is 194 Å². The second-order valence-corrected chi connectivity index (χ2v) is 9.99. The molecule has 0 aromatic carbocycles. The van der Waals surface area contributed by atoms with Gasteiger partial charge in [-0.3, -0.25) is 0 Å². The van der Waals surface area contributed by atoms with Crippen molar-refractivity contribution >= 4 is 12.6 Å². The van der Waals surface area contributed by atoms with Crippen molar-refractivity contribution in [3.05, 3.63) is 0 Å². The summed E-state index contributed by atoms with van der Waals surface area (Å²) in [6.07, 6.45) is 14.6. The molecular formula is C26H46O6. The zero-order valence-corrected chi connectivity index (χ0v) is 20.0. The number of hydrogen-bond donors (Lipinski definition) is 2. The molecule has 0 aromatic rings. The molecule has 0 saturated heterocycles. The van der Waals surface area contributed by atoms with Crippen LogP contribution in [0.4, 0.5) is 0 Å². The topological polar surface area (TPSA) is 93.1 Å². The third-order valence-electron chi connectivity index (χ3n) is 7.08. The predicted molar refractivity (Wildman–Crippen MR) is 124 cm³/mol. The predicted octanol–water partition coefficient (Wildman–Crippen LogP) is 4.38. The van der Waals surface area contributed by atoms with E-state index in [0.717, 1.165) is 25.4 Å². The van der Waals surface area contributed by atoms with Gasteiger partial charge in [-0.2, -0.15) is 0 Å². The van der Waals surface area contributed by atoms with Gasteiger partial charge in [-0.1, -0.05) is 64.7 Å². The van der Waals surface area contributed by atoms with E-state index in [1.807, 2.05) is 0 Å². The maximum atomic E-state index is 11.7. The van der Waals surface area contributed by atoms with Crippen LogP contribution < -0.4 is 0 Å². The minimum atomic E-state index is -0.773. The maximum absolute atomic E-state index is 11.7. The SMILES string of the molecule is CCCCCCCCCCCCO[C@H]1CC(O)[C@H](O[C@@H]2CC(C=O)C[C@H](O)C2)C(C=O)C1. The van der Waals surface area contributed by atoms with E-state index in [1.54, 1.807) is 0 Å². The molecular weight excluding hydrogens is 408 g/mol. The summed E-state index contributed by atoms with van der Waals surface area (Å²) in [6, 6.07) is 0. The lowest BCUT2D eigenvalue weighted by Crippen LogP contribution is -2.48. The highest BCUT2D eigenvalue weighted by Crippen LogP contribution is 2.33. The highest BCUT2D eigenvalue weighted by molar-refractivity contribution is 5.55. The fourth-order valence-electron chi connectivity index (χ4n) is 5.25. The van der Waals surface area contributed by atoms with Gasteiger partial charge in [-0.25, -0.2) is 0 Å². The van der Waals surface area contributed by atoms with Crippen LogP contribution in [0.2, 0.25) is 0 Å². The van der Waals surface area contributed by atoms with E-state index in [9.17, 15) is 19.8 Å². The summed E-state index contributed by atoms with van der Waals surface area (Å²) in [4.78, 5) is 22.8. The summed E-state index contributed by atoms with van der Waals surface area (Å²) in [5, 5.41) is 20.6. The molecule has 6 heteroatoms. The second kappa shape index (κ2) is 15.9. The Hall–Kier alpha value is -0.820. The Kier molecular flexibility index (Phi) is 13.6. The molecule has 2 saturated carbocycles. The molecule has 2 aliphatic rings. The van der Waals surface area contributed by atoms with Crippen molar-refractivity contribution in [2.45, 2.75) is 134 Å². The summed E-state index contributed by atoms with van der Waals surface area (Å²) in [5.41, 5.74) is 0. The molecule has 0 amide bonds. The van der Waals surface area contributed by atoms with E-state index in [4.69, 9.17) is 9.47 Å². The number of aldehydes is 2. The van der Waals surface area contributed by atoms with Gasteiger partial charge in [0.25, 0.3) is 0 Å². The molecule has 0 aliphatic heterocycles. The van der Waals surface area contributed by atoms with Gasteiger partial charge < -0.3 is 29.3 Å². The smallest absolute Gasteiger partial charge is 0.125 e. The van der Waals surface area contributed by atoms with Gasteiger partial charge in [-0.15, -0.1) is 0 Å². The van der Waals surface area contributed by atoms with E-state index >= 15 is 0 Å². The molecule has 2 aliphatic carbocycles. The number of carbonyl (C=O) groups excluding carboxylic acids is 2. The molecule has 3 unspecified atom stereocenters. The van der Waals surface area contributed by atoms with Gasteiger partial charge in [0, 0.05) is 24.9 Å². The van der Waals surface area contributed by atoms with Crippen molar-refractivity contribution in [2.24, 2.45) is 11.8 Å². The van der Waals surface area contributed by atoms with Crippen LogP contribution in [0.15, 0.2) is 0 Å². The molecule has 0 radical (unpaired) electrons. The molecule has 0 aromatic heterocycles. The van der Waals surface area contributed by atoms with Gasteiger partial charge in [-0.05, 0) is 32.1 Å². The summed E-state index contributed by atoms with van der Waals surface area (Å²) in [6.45, 7) is 2.91. The van der Waals surface area contributed by atoms with E-state index < -0.39 is 24.2 Å². The van der Waals surface area contributed by atoms with Gasteiger partial charge in [0.05, 0.1) is 30.5 Å². The first kappa shape index (κ1) is 27.4. The van der Waals surface area contributed by atoms with Crippen molar-refractivity contribution in [2.75, 3.05) is 6.61 Å². The molecule has 2 rings (SSSR count). The van der Waals surface area contributed by atoms with Crippen LogP contribution in [-0.4, -0.2) is 59.9 Å². The molecule has 6 nitrogen and oxygen atoms in total. The number of carbonyl (C=O) groups is 2. The fraction of sp³-hybridized carbons (Fsp3) is 0.923. The summed E-state index contributed by atoms with van der Waals surface area (Å²) in [5.74, 6) is -0.651. The third kappa shape index (κ3) is 9.98. The Morgan fingerprint density at radius 1 is 0.750 bits per heavy atom. The zero-order valence-electron chi connectivity index (χ0n) is 20.0. The quantitative estimate of drug-likeness (QED) is 0.266. The Morgan fingerprint density at radius 3 is 2.03 bits per heavy atom. The Balaban J connectivity index is 1.61. The first-order chi connectivity index (χ1) is 15.6. The largest absolute Gasteiger partial charge is 0.393 e. The number of rotatable bonds is 16. The van der Waals surface area contributed by atoms with Gasteiger partial charge in [0.1, 0.15) is 12.6 Å². The van der Waals surface area contributed by atoms with Crippen molar-refractivity contribution in [3.63, 3.8) is 0 Å². The normalized spacial score (nSPS) is 33.2. The van der Waals surface area contributed by atoms with Gasteiger partial charge in [0.15, 0.2) is 0 Å². The number of unbranched alkanes of at least 4 members (excludes halogenated alkanes) is 9. The molecule has 2 fully saturated rings. The standard InChI is InChI=1S/C26H46O6/c1-2-3-4-5-6-7-8-9-10-11-12-31-23-15-21(19-28)26(25(30)17-23)32-24-14-20(18-27)13-22(29)16-24/h18-26,29-30H,2-17H2,1H3/t20?,21?,22-,23+,24+,25?,26+/m0/s1. The van der Waals surface area contributed by atoms with Crippen molar-refractivity contribution in [1.29, 1.82) is 0 Å². The molecule has 186 valence electrons. The monoisotopic (exact) mass is 454 g/mol. The summed E-state index contributed by atoms with van der Waals surface area (Å²) in [7, 11) is 0. The van der Waals surface area contributed by atoms with Crippen LogP contribution in [0.25, 0.3) is 0 Å². The summed E-state index contributed by atoms with van der Waals surface area (Å²) < 4.78 is 12.0. The molecule has 0 heterocycles. The lowest BCUT2D eigenvalue weighted by molar-refractivity contribution is -0.167. The molecule has 0 bridgehead atoms. The molecule has 7 atom stereocenters.